The largest absolute Gasteiger partial charge is 0.365 e. The minimum atomic E-state index is -0.532. The molecule has 0 radical (unpaired) electrons. The lowest BCUT2D eigenvalue weighted by Crippen LogP contribution is -2.34. The van der Waals surface area contributed by atoms with Crippen LogP contribution in [-0.4, -0.2) is 34.8 Å². The van der Waals surface area contributed by atoms with Gasteiger partial charge in [-0.3, -0.25) is 4.89 Å². The molecule has 4 rings (SSSR count). The SMILES string of the molecule is O=C(C=Cc1c(-c2ccccc2)nn2ccccc12)OOCCC1CCCCN1. The molecular weight excluding hydrogens is 366 g/mol. The second kappa shape index (κ2) is 9.49. The number of carbonyl (C=O) groups excluding carboxylic acids is 1. The van der Waals surface area contributed by atoms with Gasteiger partial charge in [0.15, 0.2) is 0 Å². The maximum absolute atomic E-state index is 12.1. The maximum Gasteiger partial charge on any atom is 0.365 e. The van der Waals surface area contributed by atoms with Crippen molar-refractivity contribution in [2.24, 2.45) is 0 Å². The molecule has 3 aromatic rings. The minimum Gasteiger partial charge on any atom is -0.314 e. The number of hydrogen-bond acceptors (Lipinski definition) is 5. The number of rotatable bonds is 7. The first-order chi connectivity index (χ1) is 14.3. The molecule has 0 saturated carbocycles. The predicted molar refractivity (Wildman–Crippen MR) is 112 cm³/mol. The van der Waals surface area contributed by atoms with Crippen molar-refractivity contribution in [1.82, 2.24) is 14.9 Å². The molecule has 1 unspecified atom stereocenters. The molecule has 0 spiro atoms. The van der Waals surface area contributed by atoms with E-state index in [2.05, 4.69) is 10.4 Å². The van der Waals surface area contributed by atoms with Crippen molar-refractivity contribution < 1.29 is 14.6 Å². The Morgan fingerprint density at radius 2 is 2.03 bits per heavy atom. The van der Waals surface area contributed by atoms with Crippen LogP contribution in [0.4, 0.5) is 0 Å². The van der Waals surface area contributed by atoms with Crippen LogP contribution in [0.15, 0.2) is 60.8 Å². The van der Waals surface area contributed by atoms with Crippen molar-refractivity contribution in [2.45, 2.75) is 31.7 Å². The van der Waals surface area contributed by atoms with E-state index in [4.69, 9.17) is 9.78 Å². The Morgan fingerprint density at radius 3 is 2.86 bits per heavy atom. The van der Waals surface area contributed by atoms with E-state index in [-0.39, 0.29) is 0 Å². The molecule has 2 aromatic heterocycles. The Kier molecular flexibility index (Phi) is 6.34. The van der Waals surface area contributed by atoms with Crippen LogP contribution in [-0.2, 0) is 14.6 Å². The highest BCUT2D eigenvalue weighted by Gasteiger charge is 2.14. The van der Waals surface area contributed by atoms with Crippen LogP contribution in [0.2, 0.25) is 0 Å². The third-order valence-electron chi connectivity index (χ3n) is 5.11. The van der Waals surface area contributed by atoms with Crippen molar-refractivity contribution in [3.63, 3.8) is 0 Å². The van der Waals surface area contributed by atoms with Crippen molar-refractivity contribution in [1.29, 1.82) is 0 Å². The average molecular weight is 391 g/mol. The fourth-order valence-corrected chi connectivity index (χ4v) is 3.63. The van der Waals surface area contributed by atoms with Gasteiger partial charge in [-0.25, -0.2) is 9.31 Å². The Balaban J connectivity index is 1.41. The Bertz CT molecular complexity index is 975. The summed E-state index contributed by atoms with van der Waals surface area (Å²) in [6.45, 7) is 1.44. The zero-order chi connectivity index (χ0) is 19.9. The quantitative estimate of drug-likeness (QED) is 0.285. The van der Waals surface area contributed by atoms with Crippen molar-refractivity contribution in [3.8, 4) is 11.3 Å². The van der Waals surface area contributed by atoms with Crippen molar-refractivity contribution in [3.05, 3.63) is 66.4 Å². The Labute approximate surface area is 170 Å². The molecule has 29 heavy (non-hydrogen) atoms. The first-order valence-corrected chi connectivity index (χ1v) is 10.1. The van der Waals surface area contributed by atoms with E-state index in [1.165, 1.54) is 18.9 Å². The van der Waals surface area contributed by atoms with Gasteiger partial charge in [0.2, 0.25) is 0 Å². The topological polar surface area (TPSA) is 64.9 Å². The van der Waals surface area contributed by atoms with Crippen molar-refractivity contribution >= 4 is 17.6 Å². The third-order valence-corrected chi connectivity index (χ3v) is 5.11. The van der Waals surface area contributed by atoms with E-state index >= 15 is 0 Å². The number of fused-ring (bicyclic) bond motifs is 1. The lowest BCUT2D eigenvalue weighted by atomic mass is 10.0. The number of aromatic nitrogens is 2. The van der Waals surface area contributed by atoms with Crippen LogP contribution in [0.25, 0.3) is 22.9 Å². The molecule has 3 heterocycles. The first-order valence-electron chi connectivity index (χ1n) is 10.1. The van der Waals surface area contributed by atoms with E-state index in [1.807, 2.05) is 54.7 Å². The van der Waals surface area contributed by atoms with Gasteiger partial charge in [-0.2, -0.15) is 9.99 Å². The lowest BCUT2D eigenvalue weighted by Gasteiger charge is -2.22. The monoisotopic (exact) mass is 391 g/mol. The molecule has 1 aliphatic rings. The number of nitrogens with zero attached hydrogens (tertiary/aromatic N) is 2. The summed E-state index contributed by atoms with van der Waals surface area (Å²) in [6, 6.07) is 16.2. The normalized spacial score (nSPS) is 17.0. The van der Waals surface area contributed by atoms with Gasteiger partial charge in [-0.05, 0) is 44.0 Å². The summed E-state index contributed by atoms with van der Waals surface area (Å²) in [5.74, 6) is -0.532. The summed E-state index contributed by atoms with van der Waals surface area (Å²) in [7, 11) is 0. The number of nitrogens with one attached hydrogen (secondary N) is 1. The summed E-state index contributed by atoms with van der Waals surface area (Å²) in [4.78, 5) is 22.1. The molecule has 150 valence electrons. The average Bonchev–Trinajstić information content (AvgIpc) is 3.15. The standard InChI is InChI=1S/C23H25N3O3/c27-22(29-28-17-14-19-10-4-6-15-24-19)13-12-20-21-11-5-7-16-26(21)25-23(20)18-8-2-1-3-9-18/h1-3,5,7-9,11-13,16,19,24H,4,6,10,14-15,17H2. The predicted octanol–water partition coefficient (Wildman–Crippen LogP) is 4.02. The summed E-state index contributed by atoms with van der Waals surface area (Å²) in [6.07, 6.45) is 9.46. The van der Waals surface area contributed by atoms with Crippen LogP contribution in [0, 0.1) is 0 Å². The molecule has 6 nitrogen and oxygen atoms in total. The van der Waals surface area contributed by atoms with E-state index in [0.717, 1.165) is 41.7 Å². The highest BCUT2D eigenvalue weighted by molar-refractivity contribution is 5.91. The zero-order valence-corrected chi connectivity index (χ0v) is 16.3. The van der Waals surface area contributed by atoms with E-state index in [9.17, 15) is 4.79 Å². The number of pyridine rings is 1. The molecule has 6 heteroatoms. The second-order valence-electron chi connectivity index (χ2n) is 7.15. The molecular formula is C23H25N3O3. The third kappa shape index (κ3) is 4.91. The number of piperidine rings is 1. The van der Waals surface area contributed by atoms with Gasteiger partial charge < -0.3 is 5.32 Å². The van der Waals surface area contributed by atoms with E-state index < -0.39 is 5.97 Å². The van der Waals surface area contributed by atoms with Crippen LogP contribution in [0.5, 0.6) is 0 Å². The fraction of sp³-hybridized carbons (Fsp3) is 0.304. The van der Waals surface area contributed by atoms with Crippen LogP contribution in [0.3, 0.4) is 0 Å². The molecule has 0 aliphatic carbocycles. The summed E-state index contributed by atoms with van der Waals surface area (Å²) >= 11 is 0. The van der Waals surface area contributed by atoms with Gasteiger partial charge in [0.1, 0.15) is 5.69 Å². The van der Waals surface area contributed by atoms with Crippen LogP contribution in [0.1, 0.15) is 31.2 Å². The number of hydrogen-bond donors (Lipinski definition) is 1. The molecule has 1 aliphatic heterocycles. The highest BCUT2D eigenvalue weighted by atomic mass is 17.2. The highest BCUT2D eigenvalue weighted by Crippen LogP contribution is 2.27. The van der Waals surface area contributed by atoms with Crippen LogP contribution < -0.4 is 5.32 Å². The fourth-order valence-electron chi connectivity index (χ4n) is 3.63. The molecule has 1 fully saturated rings. The van der Waals surface area contributed by atoms with Gasteiger partial charge >= 0.3 is 5.97 Å². The molecule has 0 amide bonds. The van der Waals surface area contributed by atoms with E-state index in [0.29, 0.717) is 12.6 Å². The molecule has 1 N–H and O–H groups in total. The lowest BCUT2D eigenvalue weighted by molar-refractivity contribution is -0.268. The van der Waals surface area contributed by atoms with Gasteiger partial charge in [0.05, 0.1) is 12.1 Å². The van der Waals surface area contributed by atoms with E-state index in [1.54, 1.807) is 10.6 Å². The van der Waals surface area contributed by atoms with Gasteiger partial charge in [-0.1, -0.05) is 42.8 Å². The maximum atomic E-state index is 12.1. The van der Waals surface area contributed by atoms with Gasteiger partial charge in [0, 0.05) is 29.4 Å². The summed E-state index contributed by atoms with van der Waals surface area (Å²) in [5, 5.41) is 8.11. The minimum absolute atomic E-state index is 0.392. The smallest absolute Gasteiger partial charge is 0.314 e. The van der Waals surface area contributed by atoms with Crippen LogP contribution >= 0.6 is 0 Å². The van der Waals surface area contributed by atoms with Crippen molar-refractivity contribution in [2.75, 3.05) is 13.2 Å². The number of benzene rings is 1. The summed E-state index contributed by atoms with van der Waals surface area (Å²) < 4.78 is 1.81. The second-order valence-corrected chi connectivity index (χ2v) is 7.15. The van der Waals surface area contributed by atoms with Gasteiger partial charge in [0.25, 0.3) is 0 Å². The Hall–Kier alpha value is -2.96. The summed E-state index contributed by atoms with van der Waals surface area (Å²) in [5.41, 5.74) is 3.57. The molecule has 1 atom stereocenters. The molecule has 1 aromatic carbocycles. The zero-order valence-electron chi connectivity index (χ0n) is 16.3. The molecule has 1 saturated heterocycles. The first kappa shape index (κ1) is 19.4. The van der Waals surface area contributed by atoms with Gasteiger partial charge in [-0.15, -0.1) is 0 Å². The molecule has 0 bridgehead atoms. The number of carbonyl (C=O) groups is 1. The Morgan fingerprint density at radius 1 is 1.17 bits per heavy atom.